The molecule has 22 heavy (non-hydrogen) atoms. The van der Waals surface area contributed by atoms with Gasteiger partial charge in [0.1, 0.15) is 5.01 Å². The molecule has 1 N–H and O–H groups in total. The number of nitrogens with one attached hydrogen (secondary N) is 1. The van der Waals surface area contributed by atoms with Crippen molar-refractivity contribution in [3.63, 3.8) is 0 Å². The molecular weight excluding hydrogens is 316 g/mol. The summed E-state index contributed by atoms with van der Waals surface area (Å²) >= 11 is 7.70. The van der Waals surface area contributed by atoms with Gasteiger partial charge in [-0.2, -0.15) is 0 Å². The minimum atomic E-state index is 0.131. The topological polar surface area (TPSA) is 34.1 Å². The van der Waals surface area contributed by atoms with Gasteiger partial charge in [0.25, 0.3) is 0 Å². The summed E-state index contributed by atoms with van der Waals surface area (Å²) in [7, 11) is 1.81. The lowest BCUT2D eigenvalue weighted by molar-refractivity contribution is 0.0429. The van der Waals surface area contributed by atoms with Crippen molar-refractivity contribution < 1.29 is 4.74 Å². The van der Waals surface area contributed by atoms with E-state index in [1.807, 2.05) is 24.3 Å². The van der Waals surface area contributed by atoms with Crippen molar-refractivity contribution in [2.24, 2.45) is 5.92 Å². The van der Waals surface area contributed by atoms with E-state index in [0.29, 0.717) is 5.92 Å². The van der Waals surface area contributed by atoms with Gasteiger partial charge in [0.05, 0.1) is 16.7 Å². The van der Waals surface area contributed by atoms with Crippen molar-refractivity contribution in [3.8, 4) is 10.6 Å². The number of nitrogens with zero attached hydrogens (tertiary/aromatic N) is 1. The Hall–Kier alpha value is -0.940. The van der Waals surface area contributed by atoms with Crippen molar-refractivity contribution >= 4 is 22.9 Å². The zero-order chi connectivity index (χ0) is 15.5. The van der Waals surface area contributed by atoms with Gasteiger partial charge in [-0.15, -0.1) is 11.3 Å². The highest BCUT2D eigenvalue weighted by Gasteiger charge is 2.28. The van der Waals surface area contributed by atoms with Gasteiger partial charge in [-0.25, -0.2) is 4.98 Å². The smallest absolute Gasteiger partial charge is 0.123 e. The molecule has 2 heterocycles. The predicted molar refractivity (Wildman–Crippen MR) is 92.6 cm³/mol. The first-order valence-electron chi connectivity index (χ1n) is 7.66. The van der Waals surface area contributed by atoms with Crippen LogP contribution in [0.15, 0.2) is 24.3 Å². The van der Waals surface area contributed by atoms with E-state index < -0.39 is 0 Å². The van der Waals surface area contributed by atoms with Gasteiger partial charge in [0.2, 0.25) is 0 Å². The van der Waals surface area contributed by atoms with Gasteiger partial charge in [-0.3, -0.25) is 0 Å². The van der Waals surface area contributed by atoms with Crippen LogP contribution >= 0.6 is 22.9 Å². The van der Waals surface area contributed by atoms with Crippen LogP contribution in [0.2, 0.25) is 5.02 Å². The fourth-order valence-electron chi connectivity index (χ4n) is 3.04. The lowest BCUT2D eigenvalue weighted by Gasteiger charge is -2.29. The Morgan fingerprint density at radius 1 is 1.36 bits per heavy atom. The van der Waals surface area contributed by atoms with Crippen LogP contribution in [0.5, 0.6) is 0 Å². The molecule has 2 aromatic rings. The predicted octanol–water partition coefficient (Wildman–Crippen LogP) is 4.46. The summed E-state index contributed by atoms with van der Waals surface area (Å²) in [6.45, 7) is 4.21. The number of rotatable bonds is 4. The first-order valence-corrected chi connectivity index (χ1v) is 8.85. The summed E-state index contributed by atoms with van der Waals surface area (Å²) in [6, 6.07) is 7.86. The van der Waals surface area contributed by atoms with E-state index in [0.717, 1.165) is 34.4 Å². The molecule has 118 valence electrons. The number of thiazole rings is 1. The molecule has 3 rings (SSSR count). The molecule has 1 aromatic carbocycles. The molecule has 2 atom stereocenters. The minimum absolute atomic E-state index is 0.131. The SMILES string of the molecule is COC(c1sc(-c2ccc(Cl)cc2)nc1C)C1CCCNC1. The second-order valence-corrected chi connectivity index (χ2v) is 7.21. The Kier molecular flexibility index (Phi) is 5.14. The van der Waals surface area contributed by atoms with Gasteiger partial charge in [0.15, 0.2) is 0 Å². The number of piperidine rings is 1. The molecule has 1 aliphatic rings. The van der Waals surface area contributed by atoms with E-state index in [4.69, 9.17) is 21.3 Å². The van der Waals surface area contributed by atoms with E-state index in [1.165, 1.54) is 17.7 Å². The first-order chi connectivity index (χ1) is 10.7. The third-order valence-electron chi connectivity index (χ3n) is 4.20. The molecule has 5 heteroatoms. The second-order valence-electron chi connectivity index (χ2n) is 5.74. The lowest BCUT2D eigenvalue weighted by Crippen LogP contribution is -2.33. The molecule has 1 fully saturated rings. The van der Waals surface area contributed by atoms with E-state index in [9.17, 15) is 0 Å². The monoisotopic (exact) mass is 336 g/mol. The van der Waals surface area contributed by atoms with Crippen LogP contribution in [-0.2, 0) is 4.74 Å². The van der Waals surface area contributed by atoms with Crippen LogP contribution in [0.1, 0.15) is 29.5 Å². The summed E-state index contributed by atoms with van der Waals surface area (Å²) in [4.78, 5) is 6.00. The lowest BCUT2D eigenvalue weighted by atomic mass is 9.92. The summed E-state index contributed by atoms with van der Waals surface area (Å²) < 4.78 is 5.83. The van der Waals surface area contributed by atoms with Crippen LogP contribution in [0.3, 0.4) is 0 Å². The van der Waals surface area contributed by atoms with Gasteiger partial charge in [-0.05, 0) is 38.4 Å². The standard InChI is InChI=1S/C17H21ClN2OS/c1-11-16(15(21-2)13-4-3-9-19-10-13)22-17(20-11)12-5-7-14(18)8-6-12/h5-8,13,15,19H,3-4,9-10H2,1-2H3. The summed E-state index contributed by atoms with van der Waals surface area (Å²) in [6.07, 6.45) is 2.55. The van der Waals surface area contributed by atoms with Gasteiger partial charge in [-0.1, -0.05) is 23.7 Å². The fourth-order valence-corrected chi connectivity index (χ4v) is 4.41. The van der Waals surface area contributed by atoms with Crippen molar-refractivity contribution in [2.75, 3.05) is 20.2 Å². The Labute approximate surface area is 140 Å². The number of benzene rings is 1. The molecule has 0 amide bonds. The molecule has 1 aliphatic heterocycles. The third kappa shape index (κ3) is 3.35. The van der Waals surface area contributed by atoms with Crippen molar-refractivity contribution in [2.45, 2.75) is 25.9 Å². The molecule has 0 spiro atoms. The zero-order valence-corrected chi connectivity index (χ0v) is 14.5. The van der Waals surface area contributed by atoms with Gasteiger partial charge in [0, 0.05) is 30.2 Å². The van der Waals surface area contributed by atoms with Crippen molar-refractivity contribution in [1.29, 1.82) is 0 Å². The largest absolute Gasteiger partial charge is 0.376 e. The summed E-state index contributed by atoms with van der Waals surface area (Å²) in [5.74, 6) is 0.524. The van der Waals surface area contributed by atoms with Gasteiger partial charge >= 0.3 is 0 Å². The molecule has 0 bridgehead atoms. The number of aromatic nitrogens is 1. The number of ether oxygens (including phenoxy) is 1. The zero-order valence-electron chi connectivity index (χ0n) is 12.9. The first kappa shape index (κ1) is 15.9. The number of hydrogen-bond donors (Lipinski definition) is 1. The summed E-state index contributed by atoms with van der Waals surface area (Å²) in [5.41, 5.74) is 2.19. The second kappa shape index (κ2) is 7.09. The average molecular weight is 337 g/mol. The molecule has 0 radical (unpaired) electrons. The van der Waals surface area contributed by atoms with E-state index in [-0.39, 0.29) is 6.10 Å². The molecule has 1 saturated heterocycles. The Morgan fingerprint density at radius 3 is 2.77 bits per heavy atom. The number of aryl methyl sites for hydroxylation is 1. The highest BCUT2D eigenvalue weighted by molar-refractivity contribution is 7.15. The van der Waals surface area contributed by atoms with E-state index >= 15 is 0 Å². The van der Waals surface area contributed by atoms with E-state index in [1.54, 1.807) is 18.4 Å². The fraction of sp³-hybridized carbons (Fsp3) is 0.471. The van der Waals surface area contributed by atoms with Crippen LogP contribution < -0.4 is 5.32 Å². The number of methoxy groups -OCH3 is 1. The van der Waals surface area contributed by atoms with Crippen LogP contribution in [0.25, 0.3) is 10.6 Å². The summed E-state index contributed by atoms with van der Waals surface area (Å²) in [5, 5.41) is 5.26. The maximum atomic E-state index is 5.97. The van der Waals surface area contributed by atoms with Crippen molar-refractivity contribution in [1.82, 2.24) is 10.3 Å². The highest BCUT2D eigenvalue weighted by atomic mass is 35.5. The molecular formula is C17H21ClN2OS. The van der Waals surface area contributed by atoms with Crippen LogP contribution in [0, 0.1) is 12.8 Å². The molecule has 2 unspecified atom stereocenters. The van der Waals surface area contributed by atoms with Gasteiger partial charge < -0.3 is 10.1 Å². The molecule has 3 nitrogen and oxygen atoms in total. The van der Waals surface area contributed by atoms with Crippen LogP contribution in [0.4, 0.5) is 0 Å². The Balaban J connectivity index is 1.88. The Bertz CT molecular complexity index is 620. The van der Waals surface area contributed by atoms with Crippen LogP contribution in [-0.4, -0.2) is 25.2 Å². The van der Waals surface area contributed by atoms with E-state index in [2.05, 4.69) is 12.2 Å². The number of halogens is 1. The Morgan fingerprint density at radius 2 is 2.14 bits per heavy atom. The molecule has 0 aliphatic carbocycles. The minimum Gasteiger partial charge on any atom is -0.376 e. The number of hydrogen-bond acceptors (Lipinski definition) is 4. The highest BCUT2D eigenvalue weighted by Crippen LogP contribution is 2.38. The van der Waals surface area contributed by atoms with Crippen molar-refractivity contribution in [3.05, 3.63) is 39.9 Å². The molecule has 0 saturated carbocycles. The normalized spacial score (nSPS) is 20.0. The molecule has 1 aromatic heterocycles. The third-order valence-corrected chi connectivity index (χ3v) is 5.72. The average Bonchev–Trinajstić information content (AvgIpc) is 2.92. The maximum absolute atomic E-state index is 5.97. The maximum Gasteiger partial charge on any atom is 0.123 e. The quantitative estimate of drug-likeness (QED) is 0.895.